The number of hydrogen-bond acceptors (Lipinski definition) is 2. The van der Waals surface area contributed by atoms with Gasteiger partial charge in [0.05, 0.1) is 0 Å². The molecule has 4 unspecified atom stereocenters. The van der Waals surface area contributed by atoms with Crippen LogP contribution in [0.25, 0.3) is 0 Å². The van der Waals surface area contributed by atoms with Crippen LogP contribution in [0.4, 0.5) is 0 Å². The van der Waals surface area contributed by atoms with Gasteiger partial charge in [0, 0.05) is 34.8 Å². The number of hydrogen-bond donors (Lipinski definition) is 2. The lowest BCUT2D eigenvalue weighted by Gasteiger charge is -2.50. The van der Waals surface area contributed by atoms with Crippen LogP contribution in [0.15, 0.2) is 84.9 Å². The van der Waals surface area contributed by atoms with Gasteiger partial charge in [-0.25, -0.2) is 0 Å². The van der Waals surface area contributed by atoms with E-state index in [2.05, 4.69) is 86.6 Å². The van der Waals surface area contributed by atoms with E-state index in [1.54, 1.807) is 0 Å². The largest absolute Gasteiger partial charge is 0.507 e. The molecule has 204 valence electrons. The molecule has 4 atom stereocenters. The Balaban J connectivity index is 1.40. The van der Waals surface area contributed by atoms with Gasteiger partial charge in [-0.2, -0.15) is 0 Å². The second kappa shape index (κ2) is 9.54. The Morgan fingerprint density at radius 1 is 0.675 bits per heavy atom. The van der Waals surface area contributed by atoms with E-state index >= 15 is 0 Å². The summed E-state index contributed by atoms with van der Waals surface area (Å²) in [7, 11) is 0. The lowest BCUT2D eigenvalue weighted by molar-refractivity contribution is 0.163. The minimum Gasteiger partial charge on any atom is -0.507 e. The SMILES string of the molecule is Cc1cc(Cc2ccccc2)c(O)c(C23CCC(C2)C2CCCC23c2cc(C)cc(Cc3ccccc3)c2O)c1. The number of fused-ring (bicyclic) bond motifs is 5. The van der Waals surface area contributed by atoms with Crippen molar-refractivity contribution < 1.29 is 10.2 Å². The molecule has 0 saturated heterocycles. The molecule has 3 aliphatic carbocycles. The van der Waals surface area contributed by atoms with Crippen LogP contribution in [-0.4, -0.2) is 10.2 Å². The predicted molar refractivity (Wildman–Crippen MR) is 162 cm³/mol. The van der Waals surface area contributed by atoms with Gasteiger partial charge in [-0.1, -0.05) is 102 Å². The Morgan fingerprint density at radius 2 is 1.23 bits per heavy atom. The van der Waals surface area contributed by atoms with E-state index in [1.807, 2.05) is 12.1 Å². The first-order chi connectivity index (χ1) is 19.4. The zero-order chi connectivity index (χ0) is 27.5. The van der Waals surface area contributed by atoms with Crippen molar-refractivity contribution in [2.45, 2.75) is 76.0 Å². The lowest BCUT2D eigenvalue weighted by atomic mass is 9.53. The van der Waals surface area contributed by atoms with E-state index < -0.39 is 0 Å². The van der Waals surface area contributed by atoms with E-state index in [0.717, 1.165) is 54.4 Å². The summed E-state index contributed by atoms with van der Waals surface area (Å²) in [5.41, 5.74) is 8.90. The van der Waals surface area contributed by atoms with Gasteiger partial charge in [-0.05, 0) is 80.0 Å². The third kappa shape index (κ3) is 3.75. The molecule has 7 rings (SSSR count). The van der Waals surface area contributed by atoms with Crippen LogP contribution in [0.1, 0.15) is 83.0 Å². The Bertz CT molecular complexity index is 1560. The van der Waals surface area contributed by atoms with Gasteiger partial charge in [0.2, 0.25) is 0 Å². The monoisotopic (exact) mass is 528 g/mol. The van der Waals surface area contributed by atoms with Gasteiger partial charge in [-0.3, -0.25) is 0 Å². The molecule has 3 fully saturated rings. The van der Waals surface area contributed by atoms with E-state index in [9.17, 15) is 10.2 Å². The maximum absolute atomic E-state index is 12.1. The van der Waals surface area contributed by atoms with Crippen molar-refractivity contribution in [1.82, 2.24) is 0 Å². The molecule has 2 N–H and O–H groups in total. The van der Waals surface area contributed by atoms with Crippen LogP contribution in [0, 0.1) is 25.7 Å². The highest BCUT2D eigenvalue weighted by Crippen LogP contribution is 2.75. The van der Waals surface area contributed by atoms with E-state index in [-0.39, 0.29) is 10.8 Å². The van der Waals surface area contributed by atoms with Crippen molar-refractivity contribution in [3.05, 3.63) is 129 Å². The Hall–Kier alpha value is -3.52. The van der Waals surface area contributed by atoms with Crippen molar-refractivity contribution in [2.75, 3.05) is 0 Å². The summed E-state index contributed by atoms with van der Waals surface area (Å²) in [5, 5.41) is 24.1. The highest BCUT2D eigenvalue weighted by atomic mass is 16.3. The number of rotatable bonds is 6. The van der Waals surface area contributed by atoms with Crippen LogP contribution in [0.3, 0.4) is 0 Å². The van der Waals surface area contributed by atoms with Crippen molar-refractivity contribution in [3.63, 3.8) is 0 Å². The third-order valence-corrected chi connectivity index (χ3v) is 10.8. The average molecular weight is 529 g/mol. The van der Waals surface area contributed by atoms with Crippen LogP contribution in [0.5, 0.6) is 11.5 Å². The van der Waals surface area contributed by atoms with E-state index in [1.165, 1.54) is 41.5 Å². The average Bonchev–Trinajstić information content (AvgIpc) is 3.66. The number of phenolic OH excluding ortho intramolecular Hbond substituents is 2. The van der Waals surface area contributed by atoms with Crippen molar-refractivity contribution >= 4 is 0 Å². The number of benzene rings is 4. The van der Waals surface area contributed by atoms with Crippen molar-refractivity contribution in [3.8, 4) is 11.5 Å². The Kier molecular flexibility index (Phi) is 6.07. The quantitative estimate of drug-likeness (QED) is 0.263. The molecule has 40 heavy (non-hydrogen) atoms. The van der Waals surface area contributed by atoms with Crippen LogP contribution in [0.2, 0.25) is 0 Å². The van der Waals surface area contributed by atoms with E-state index in [4.69, 9.17) is 0 Å². The lowest BCUT2D eigenvalue weighted by Crippen LogP contribution is -2.48. The first-order valence-corrected chi connectivity index (χ1v) is 15.1. The molecule has 0 aromatic heterocycles. The van der Waals surface area contributed by atoms with Crippen molar-refractivity contribution in [2.24, 2.45) is 11.8 Å². The molecule has 4 aromatic rings. The zero-order valence-electron chi connectivity index (χ0n) is 23.8. The highest BCUT2D eigenvalue weighted by molar-refractivity contribution is 5.59. The summed E-state index contributed by atoms with van der Waals surface area (Å²) in [6, 6.07) is 29.9. The van der Waals surface area contributed by atoms with E-state index in [0.29, 0.717) is 23.3 Å². The molecular weight excluding hydrogens is 488 g/mol. The number of aryl methyl sites for hydroxylation is 2. The van der Waals surface area contributed by atoms with Gasteiger partial charge in [0.15, 0.2) is 0 Å². The molecule has 3 saturated carbocycles. The van der Waals surface area contributed by atoms with Crippen LogP contribution < -0.4 is 0 Å². The topological polar surface area (TPSA) is 40.5 Å². The fourth-order valence-electron chi connectivity index (χ4n) is 9.49. The molecule has 0 heterocycles. The summed E-state index contributed by atoms with van der Waals surface area (Å²) in [6.45, 7) is 4.36. The molecule has 2 nitrogen and oxygen atoms in total. The smallest absolute Gasteiger partial charge is 0.122 e. The fraction of sp³-hybridized carbons (Fsp3) is 0.368. The molecule has 3 aliphatic rings. The number of phenols is 2. The molecule has 0 spiro atoms. The van der Waals surface area contributed by atoms with Gasteiger partial charge in [0.25, 0.3) is 0 Å². The minimum absolute atomic E-state index is 0.146. The van der Waals surface area contributed by atoms with Crippen molar-refractivity contribution in [1.29, 1.82) is 0 Å². The zero-order valence-corrected chi connectivity index (χ0v) is 23.8. The first kappa shape index (κ1) is 25.4. The third-order valence-electron chi connectivity index (χ3n) is 10.8. The second-order valence-corrected chi connectivity index (χ2v) is 13.0. The molecule has 2 bridgehead atoms. The fourth-order valence-corrected chi connectivity index (χ4v) is 9.49. The van der Waals surface area contributed by atoms with Crippen LogP contribution >= 0.6 is 0 Å². The number of aromatic hydroxyl groups is 2. The summed E-state index contributed by atoms with van der Waals surface area (Å²) in [5.74, 6) is 2.18. The highest BCUT2D eigenvalue weighted by Gasteiger charge is 2.70. The Labute approximate surface area is 238 Å². The molecule has 2 heteroatoms. The minimum atomic E-state index is -0.157. The Morgan fingerprint density at radius 3 is 1.82 bits per heavy atom. The molecule has 0 amide bonds. The van der Waals surface area contributed by atoms with Gasteiger partial charge in [0.1, 0.15) is 11.5 Å². The first-order valence-electron chi connectivity index (χ1n) is 15.1. The standard InChI is InChI=1S/C38H40O2/c1-25-18-30(22-27-10-5-3-6-11-27)35(39)33(20-25)37-17-15-29(24-37)32-14-9-16-38(32,37)34-21-26(2)19-31(36(34)40)23-28-12-7-4-8-13-28/h3-8,10-13,18-21,29,32,39-40H,9,14-17,22-24H2,1-2H3. The molecule has 4 aromatic carbocycles. The summed E-state index contributed by atoms with van der Waals surface area (Å²) in [6.07, 6.45) is 8.36. The van der Waals surface area contributed by atoms with Gasteiger partial charge < -0.3 is 10.2 Å². The summed E-state index contributed by atoms with van der Waals surface area (Å²) < 4.78 is 0. The normalized spacial score (nSPS) is 26.8. The predicted octanol–water partition coefficient (Wildman–Crippen LogP) is 8.69. The summed E-state index contributed by atoms with van der Waals surface area (Å²) in [4.78, 5) is 0. The molecule has 0 aliphatic heterocycles. The van der Waals surface area contributed by atoms with Crippen LogP contribution in [-0.2, 0) is 23.7 Å². The molecular formula is C38H40O2. The van der Waals surface area contributed by atoms with Gasteiger partial charge in [-0.15, -0.1) is 0 Å². The van der Waals surface area contributed by atoms with Gasteiger partial charge >= 0.3 is 0 Å². The maximum Gasteiger partial charge on any atom is 0.122 e. The summed E-state index contributed by atoms with van der Waals surface area (Å²) >= 11 is 0. The second-order valence-electron chi connectivity index (χ2n) is 13.0. The maximum atomic E-state index is 12.1. The molecule has 0 radical (unpaired) electrons.